The Bertz CT molecular complexity index is 889. The van der Waals surface area contributed by atoms with Gasteiger partial charge in [-0.2, -0.15) is 4.31 Å². The first kappa shape index (κ1) is 26.5. The van der Waals surface area contributed by atoms with E-state index in [1.807, 2.05) is 0 Å². The summed E-state index contributed by atoms with van der Waals surface area (Å²) in [7, 11) is -4.39. The fourth-order valence-electron chi connectivity index (χ4n) is 2.72. The summed E-state index contributed by atoms with van der Waals surface area (Å²) in [6.07, 6.45) is 0.0977. The van der Waals surface area contributed by atoms with E-state index < -0.39 is 45.1 Å². The van der Waals surface area contributed by atoms with E-state index in [2.05, 4.69) is 0 Å². The minimum absolute atomic E-state index is 0.0333. The molecule has 10 nitrogen and oxygen atoms in total. The van der Waals surface area contributed by atoms with Gasteiger partial charge >= 0.3 is 11.9 Å². The SMILES string of the molecule is CCOC(=O)CN([C@@H](CC(C)C)C(=O)OC(C)(C)C)S(=O)(=O)c1ccc([N+](=O)[O-])cc1. The van der Waals surface area contributed by atoms with Crippen LogP contribution in [0.25, 0.3) is 0 Å². The van der Waals surface area contributed by atoms with Crippen LogP contribution >= 0.6 is 0 Å². The second-order valence-corrected chi connectivity index (χ2v) is 10.2. The van der Waals surface area contributed by atoms with Gasteiger partial charge in [0.25, 0.3) is 5.69 Å². The Balaban J connectivity index is 3.50. The number of hydrogen-bond donors (Lipinski definition) is 0. The number of nitro benzene ring substituents is 1. The highest BCUT2D eigenvalue weighted by molar-refractivity contribution is 7.89. The van der Waals surface area contributed by atoms with Gasteiger partial charge in [-0.25, -0.2) is 8.42 Å². The molecule has 31 heavy (non-hydrogen) atoms. The lowest BCUT2D eigenvalue weighted by Gasteiger charge is -2.32. The minimum Gasteiger partial charge on any atom is -0.465 e. The Kier molecular flexibility index (Phi) is 9.12. The van der Waals surface area contributed by atoms with E-state index in [9.17, 15) is 28.1 Å². The largest absolute Gasteiger partial charge is 0.465 e. The number of sulfonamides is 1. The molecule has 0 saturated carbocycles. The zero-order valence-corrected chi connectivity index (χ0v) is 19.5. The van der Waals surface area contributed by atoms with Crippen LogP contribution in [-0.4, -0.2) is 54.4 Å². The molecule has 1 aromatic rings. The summed E-state index contributed by atoms with van der Waals surface area (Å²) in [4.78, 5) is 35.1. The molecule has 174 valence electrons. The smallest absolute Gasteiger partial charge is 0.325 e. The number of carbonyl (C=O) groups is 2. The summed E-state index contributed by atoms with van der Waals surface area (Å²) in [5, 5.41) is 10.9. The number of ether oxygens (including phenoxy) is 2. The van der Waals surface area contributed by atoms with Crippen molar-refractivity contribution in [2.75, 3.05) is 13.2 Å². The highest BCUT2D eigenvalue weighted by Gasteiger charge is 2.40. The maximum absolute atomic E-state index is 13.4. The molecule has 0 spiro atoms. The third-order valence-electron chi connectivity index (χ3n) is 3.97. The Morgan fingerprint density at radius 3 is 2.13 bits per heavy atom. The van der Waals surface area contributed by atoms with E-state index in [1.54, 1.807) is 41.5 Å². The predicted octanol–water partition coefficient (Wildman–Crippen LogP) is 2.91. The number of rotatable bonds is 10. The molecule has 0 heterocycles. The van der Waals surface area contributed by atoms with Crippen molar-refractivity contribution in [3.05, 3.63) is 34.4 Å². The molecule has 0 aromatic heterocycles. The van der Waals surface area contributed by atoms with Gasteiger partial charge in [-0.1, -0.05) is 13.8 Å². The van der Waals surface area contributed by atoms with Gasteiger partial charge in [-0.3, -0.25) is 19.7 Å². The van der Waals surface area contributed by atoms with Crippen LogP contribution in [-0.2, 0) is 29.1 Å². The van der Waals surface area contributed by atoms with Crippen molar-refractivity contribution in [3.63, 3.8) is 0 Å². The molecule has 11 heteroatoms. The number of nitrogens with zero attached hydrogens (tertiary/aromatic N) is 2. The van der Waals surface area contributed by atoms with E-state index in [0.29, 0.717) is 0 Å². The first-order valence-corrected chi connectivity index (χ1v) is 11.3. The van der Waals surface area contributed by atoms with Crippen LogP contribution in [0.15, 0.2) is 29.2 Å². The lowest BCUT2D eigenvalue weighted by atomic mass is 10.0. The summed E-state index contributed by atoms with van der Waals surface area (Å²) in [5.41, 5.74) is -1.17. The van der Waals surface area contributed by atoms with Crippen LogP contribution < -0.4 is 0 Å². The molecule has 0 bridgehead atoms. The van der Waals surface area contributed by atoms with E-state index in [0.717, 1.165) is 28.6 Å². The molecule has 0 radical (unpaired) electrons. The first-order chi connectivity index (χ1) is 14.2. The lowest BCUT2D eigenvalue weighted by Crippen LogP contribution is -2.50. The van der Waals surface area contributed by atoms with Crippen LogP contribution in [0.1, 0.15) is 48.0 Å². The van der Waals surface area contributed by atoms with E-state index in [1.165, 1.54) is 0 Å². The molecule has 0 fully saturated rings. The monoisotopic (exact) mass is 458 g/mol. The van der Waals surface area contributed by atoms with Crippen molar-refractivity contribution in [2.45, 2.75) is 64.5 Å². The van der Waals surface area contributed by atoms with Crippen molar-refractivity contribution in [1.82, 2.24) is 4.31 Å². The van der Waals surface area contributed by atoms with Crippen LogP contribution in [0.2, 0.25) is 0 Å². The molecule has 0 unspecified atom stereocenters. The number of carbonyl (C=O) groups excluding carboxylic acids is 2. The van der Waals surface area contributed by atoms with Crippen molar-refractivity contribution in [2.24, 2.45) is 5.92 Å². The van der Waals surface area contributed by atoms with Gasteiger partial charge in [0.05, 0.1) is 16.4 Å². The van der Waals surface area contributed by atoms with Crippen LogP contribution in [0.3, 0.4) is 0 Å². The Labute approximate surface area is 182 Å². The van der Waals surface area contributed by atoms with Crippen molar-refractivity contribution >= 4 is 27.6 Å². The van der Waals surface area contributed by atoms with Crippen molar-refractivity contribution < 1.29 is 32.4 Å². The summed E-state index contributed by atoms with van der Waals surface area (Å²) in [5.74, 6) is -1.73. The van der Waals surface area contributed by atoms with Crippen molar-refractivity contribution in [1.29, 1.82) is 0 Å². The summed E-state index contributed by atoms with van der Waals surface area (Å²) < 4.78 is 37.8. The Morgan fingerprint density at radius 2 is 1.71 bits per heavy atom. The van der Waals surface area contributed by atoms with Gasteiger partial charge < -0.3 is 9.47 Å². The van der Waals surface area contributed by atoms with Gasteiger partial charge in [-0.05, 0) is 52.2 Å². The standard InChI is InChI=1S/C20H30N2O8S/c1-7-29-18(23)13-21(17(12-14(2)3)19(24)30-20(4,5)6)31(27,28)16-10-8-15(9-11-16)22(25)26/h8-11,14,17H,7,12-13H2,1-6H3/t17-/m0/s1. The zero-order valence-electron chi connectivity index (χ0n) is 18.7. The third kappa shape index (κ3) is 7.91. The molecule has 1 aromatic carbocycles. The average Bonchev–Trinajstić information content (AvgIpc) is 2.63. The topological polar surface area (TPSA) is 133 Å². The summed E-state index contributed by atoms with van der Waals surface area (Å²) in [6.45, 7) is 9.46. The molecule has 0 aliphatic rings. The predicted molar refractivity (Wildman–Crippen MR) is 113 cm³/mol. The molecule has 1 atom stereocenters. The maximum atomic E-state index is 13.4. The van der Waals surface area contributed by atoms with Gasteiger partial charge in [0.15, 0.2) is 0 Å². The number of nitro groups is 1. The zero-order chi connectivity index (χ0) is 24.0. The maximum Gasteiger partial charge on any atom is 0.325 e. The van der Waals surface area contributed by atoms with Crippen LogP contribution in [0.5, 0.6) is 0 Å². The molecule has 0 amide bonds. The van der Waals surface area contributed by atoms with E-state index in [4.69, 9.17) is 9.47 Å². The van der Waals surface area contributed by atoms with Crippen LogP contribution in [0.4, 0.5) is 5.69 Å². The fourth-order valence-corrected chi connectivity index (χ4v) is 4.25. The number of esters is 2. The molecule has 0 aliphatic carbocycles. The Hall–Kier alpha value is -2.53. The van der Waals surface area contributed by atoms with Crippen molar-refractivity contribution in [3.8, 4) is 0 Å². The number of non-ortho nitro benzene ring substituents is 1. The van der Waals surface area contributed by atoms with Gasteiger partial charge in [0, 0.05) is 12.1 Å². The van der Waals surface area contributed by atoms with Gasteiger partial charge in [-0.15, -0.1) is 0 Å². The molecule has 0 saturated heterocycles. The van der Waals surface area contributed by atoms with Gasteiger partial charge in [0.2, 0.25) is 10.0 Å². The highest BCUT2D eigenvalue weighted by Crippen LogP contribution is 2.26. The van der Waals surface area contributed by atoms with E-state index in [-0.39, 0.29) is 29.5 Å². The molecular formula is C20H30N2O8S. The summed E-state index contributed by atoms with van der Waals surface area (Å²) in [6, 6.07) is 2.92. The third-order valence-corrected chi connectivity index (χ3v) is 5.83. The van der Waals surface area contributed by atoms with Gasteiger partial charge in [0.1, 0.15) is 18.2 Å². The minimum atomic E-state index is -4.39. The lowest BCUT2D eigenvalue weighted by molar-refractivity contribution is -0.384. The molecule has 1 rings (SSSR count). The quantitative estimate of drug-likeness (QED) is 0.297. The summed E-state index contributed by atoms with van der Waals surface area (Å²) >= 11 is 0. The molecule has 0 N–H and O–H groups in total. The molecular weight excluding hydrogens is 428 g/mol. The second kappa shape index (κ2) is 10.7. The molecule has 0 aliphatic heterocycles. The van der Waals surface area contributed by atoms with Crippen LogP contribution in [0, 0.1) is 16.0 Å². The fraction of sp³-hybridized carbons (Fsp3) is 0.600. The highest BCUT2D eigenvalue weighted by atomic mass is 32.2. The number of hydrogen-bond acceptors (Lipinski definition) is 8. The Morgan fingerprint density at radius 1 is 1.16 bits per heavy atom. The second-order valence-electron chi connectivity index (χ2n) is 8.29. The average molecular weight is 459 g/mol. The first-order valence-electron chi connectivity index (χ1n) is 9.83. The normalized spacial score (nSPS) is 13.2. The number of benzene rings is 1. The van der Waals surface area contributed by atoms with E-state index >= 15 is 0 Å².